The summed E-state index contributed by atoms with van der Waals surface area (Å²) in [6.45, 7) is 2.80. The van der Waals surface area contributed by atoms with Crippen LogP contribution in [0.2, 0.25) is 0 Å². The third-order valence-corrected chi connectivity index (χ3v) is 16.8. The van der Waals surface area contributed by atoms with Crippen LogP contribution in [0.5, 0.6) is 46.0 Å². The van der Waals surface area contributed by atoms with Gasteiger partial charge in [-0.05, 0) is 82.2 Å². The van der Waals surface area contributed by atoms with Gasteiger partial charge in [-0.25, -0.2) is 9.59 Å². The molecule has 90 heavy (non-hydrogen) atoms. The Morgan fingerprint density at radius 3 is 0.889 bits per heavy atom. The van der Waals surface area contributed by atoms with Gasteiger partial charge in [-0.15, -0.1) is 0 Å². The Hall–Kier alpha value is -9.00. The number of benzene rings is 10. The van der Waals surface area contributed by atoms with E-state index in [0.29, 0.717) is 120 Å². The molecule has 4 fully saturated rings. The lowest BCUT2D eigenvalue weighted by Crippen LogP contribution is -2.15. The Morgan fingerprint density at radius 2 is 0.578 bits per heavy atom. The zero-order chi connectivity index (χ0) is 60.6. The van der Waals surface area contributed by atoms with E-state index in [2.05, 4.69) is 0 Å². The van der Waals surface area contributed by atoms with Crippen molar-refractivity contribution < 1.29 is 84.1 Å². The monoisotopic (exact) mass is 1250 g/mol. The molecule has 0 aromatic heterocycles. The summed E-state index contributed by atoms with van der Waals surface area (Å²) in [7, 11) is -5.55. The Bertz CT molecular complexity index is 3780. The first-order valence-electron chi connectivity index (χ1n) is 29.1. The lowest BCUT2D eigenvalue weighted by atomic mass is 9.88. The van der Waals surface area contributed by atoms with Crippen LogP contribution in [0.3, 0.4) is 0 Å². The summed E-state index contributed by atoms with van der Waals surface area (Å²) in [4.78, 5) is 31.2. The van der Waals surface area contributed by atoms with Gasteiger partial charge in [-0.1, -0.05) is 158 Å². The highest BCUT2D eigenvalue weighted by Crippen LogP contribution is 2.57. The molecule has 4 saturated heterocycles. The van der Waals surface area contributed by atoms with Crippen molar-refractivity contribution in [3.8, 4) is 57.1 Å². The van der Waals surface area contributed by atoms with Crippen LogP contribution in [0.4, 0.5) is 0 Å². The molecular formula is C70H56O18P2. The van der Waals surface area contributed by atoms with Crippen molar-refractivity contribution in [1.82, 2.24) is 0 Å². The van der Waals surface area contributed by atoms with Crippen LogP contribution in [0.1, 0.15) is 68.1 Å². The lowest BCUT2D eigenvalue weighted by Gasteiger charge is -2.27. The minimum atomic E-state index is -2.77. The van der Waals surface area contributed by atoms with E-state index in [1.165, 1.54) is 0 Å². The second-order valence-corrected chi connectivity index (χ2v) is 22.5. The van der Waals surface area contributed by atoms with Gasteiger partial charge >= 0.3 is 29.1 Å². The van der Waals surface area contributed by atoms with E-state index in [0.717, 1.165) is 0 Å². The van der Waals surface area contributed by atoms with Gasteiger partial charge in [0.25, 0.3) is 0 Å². The van der Waals surface area contributed by atoms with Crippen LogP contribution in [0, 0.1) is 0 Å². The van der Waals surface area contributed by atoms with E-state index in [1.54, 1.807) is 109 Å². The molecule has 10 aromatic carbocycles. The van der Waals surface area contributed by atoms with Crippen molar-refractivity contribution in [2.45, 2.75) is 25.2 Å². The molecule has 0 bridgehead atoms. The fourth-order valence-electron chi connectivity index (χ4n) is 10.7. The molecule has 0 radical (unpaired) electrons. The predicted octanol–water partition coefficient (Wildman–Crippen LogP) is 15.8. The summed E-state index contributed by atoms with van der Waals surface area (Å²) in [6, 6.07) is 64.5. The zero-order valence-electron chi connectivity index (χ0n) is 48.0. The van der Waals surface area contributed by atoms with Crippen molar-refractivity contribution in [3.63, 3.8) is 0 Å². The molecule has 0 saturated carbocycles. The van der Waals surface area contributed by atoms with Crippen LogP contribution < -0.4 is 36.6 Å². The molecule has 10 aromatic rings. The Morgan fingerprint density at radius 1 is 0.311 bits per heavy atom. The van der Waals surface area contributed by atoms with E-state index in [9.17, 15) is 0 Å². The molecule has 4 aliphatic rings. The number of hydrogen-bond donors (Lipinski definition) is 0. The van der Waals surface area contributed by atoms with E-state index in [1.807, 2.05) is 109 Å². The van der Waals surface area contributed by atoms with E-state index < -0.39 is 54.3 Å². The van der Waals surface area contributed by atoms with Crippen LogP contribution >= 0.6 is 17.2 Å². The first kappa shape index (κ1) is 58.7. The molecule has 4 aliphatic heterocycles. The average Bonchev–Trinajstić information content (AvgIpc) is 0.813. The van der Waals surface area contributed by atoms with Crippen molar-refractivity contribution in [2.75, 3.05) is 52.9 Å². The Kier molecular flexibility index (Phi) is 17.9. The van der Waals surface area contributed by atoms with Crippen molar-refractivity contribution in [3.05, 3.63) is 252 Å². The van der Waals surface area contributed by atoms with Gasteiger partial charge in [0, 0.05) is 11.1 Å². The van der Waals surface area contributed by atoms with Crippen molar-refractivity contribution in [2.24, 2.45) is 0 Å². The topological polar surface area (TPSA) is 182 Å². The molecule has 0 N–H and O–H groups in total. The predicted molar refractivity (Wildman–Crippen MR) is 332 cm³/mol. The minimum absolute atomic E-state index is 0.0724. The van der Waals surface area contributed by atoms with Gasteiger partial charge in [0.05, 0.1) is 75.1 Å². The molecule has 18 nitrogen and oxygen atoms in total. The highest BCUT2D eigenvalue weighted by molar-refractivity contribution is 7.43. The van der Waals surface area contributed by atoms with E-state index in [4.69, 9.17) is 74.5 Å². The first-order chi connectivity index (χ1) is 44.5. The lowest BCUT2D eigenvalue weighted by molar-refractivity contribution is -0.0456. The van der Waals surface area contributed by atoms with Crippen LogP contribution in [-0.4, -0.2) is 64.8 Å². The molecule has 0 atom stereocenters. The maximum absolute atomic E-state index is 15.6. The number of ether oxygens (including phenoxy) is 10. The van der Waals surface area contributed by atoms with Gasteiger partial charge in [0.15, 0.2) is 36.7 Å². The number of para-hydroxylation sites is 6. The van der Waals surface area contributed by atoms with Gasteiger partial charge in [-0.2, -0.15) is 0 Å². The van der Waals surface area contributed by atoms with E-state index >= 15 is 9.59 Å². The summed E-state index contributed by atoms with van der Waals surface area (Å²) < 4.78 is 104. The van der Waals surface area contributed by atoms with Gasteiger partial charge in [-0.3, -0.25) is 0 Å². The maximum atomic E-state index is 15.6. The Labute approximate surface area is 519 Å². The first-order valence-corrected chi connectivity index (χ1v) is 31.3. The van der Waals surface area contributed by atoms with Gasteiger partial charge in [0.1, 0.15) is 45.6 Å². The van der Waals surface area contributed by atoms with Gasteiger partial charge < -0.3 is 74.5 Å². The summed E-state index contributed by atoms with van der Waals surface area (Å²) in [5.41, 5.74) is 2.52. The smallest absolute Gasteiger partial charge is 0.423 e. The fourth-order valence-corrected chi connectivity index (χ4v) is 12.9. The molecule has 14 rings (SSSR count). The number of rotatable bonds is 21. The third kappa shape index (κ3) is 12.9. The summed E-state index contributed by atoms with van der Waals surface area (Å²) in [5, 5.41) is 2.17. The molecule has 454 valence electrons. The SMILES string of the molecule is O=C(Oc1ccccc1)c1cc2ccccc2c(-c2c(OP(Oc3ccccc3C3OCCO3)Oc3ccccc3C3OCCO3)c(C(=O)Oc3ccccc3)cc3ccccc23)c1OP(Oc1ccccc1C1OCCO1)Oc1ccccc1C1OCCO1. The zero-order valence-corrected chi connectivity index (χ0v) is 49.8. The summed E-state index contributed by atoms with van der Waals surface area (Å²) in [6.07, 6.45) is -3.18. The minimum Gasteiger partial charge on any atom is -0.423 e. The number of hydrogen-bond acceptors (Lipinski definition) is 18. The summed E-state index contributed by atoms with van der Waals surface area (Å²) in [5.74, 6) is -0.185. The molecule has 4 heterocycles. The Balaban J connectivity index is 1.02. The normalized spacial score (nSPS) is 15.6. The second-order valence-electron chi connectivity index (χ2n) is 20.5. The van der Waals surface area contributed by atoms with E-state index in [-0.39, 0.29) is 45.3 Å². The highest BCUT2D eigenvalue weighted by atomic mass is 31.2. The van der Waals surface area contributed by atoms with Crippen molar-refractivity contribution >= 4 is 50.7 Å². The number of esters is 2. The number of fused-ring (bicyclic) bond motifs is 2. The second kappa shape index (κ2) is 27.4. The maximum Gasteiger partial charge on any atom is 0.530 e. The van der Waals surface area contributed by atoms with Gasteiger partial charge in [0.2, 0.25) is 0 Å². The average molecular weight is 1250 g/mol. The molecule has 0 aliphatic carbocycles. The fraction of sp³-hybridized carbons (Fsp3) is 0.171. The standard InChI is InChI=1S/C70H56O18P2/c71-65(81-47-21-3-1-4-22-47)55-43-45-19-7-9-25-49(45)61(63(55)87-89(83-57-31-15-11-27-51(57)67-73-35-36-74-67)84-58-32-16-12-28-52(58)68-75-37-38-76-68)62-50-26-10-8-20-46(50)44-56(66(72)82-48-23-5-2-6-24-48)64(62)88-90(85-59-33-17-13-29-53(59)69-77-39-40-78-69)86-60-34-18-14-30-54(60)70-79-41-42-80-70/h1-34,43-44,67-70H,35-42H2. The molecule has 0 amide bonds. The largest absolute Gasteiger partial charge is 0.530 e. The summed E-state index contributed by atoms with van der Waals surface area (Å²) >= 11 is 0. The van der Waals surface area contributed by atoms with Crippen molar-refractivity contribution in [1.29, 1.82) is 0 Å². The highest BCUT2D eigenvalue weighted by Gasteiger charge is 2.38. The molecule has 0 unspecified atom stereocenters. The van der Waals surface area contributed by atoms with Crippen LogP contribution in [0.15, 0.2) is 218 Å². The third-order valence-electron chi connectivity index (χ3n) is 14.8. The quantitative estimate of drug-likeness (QED) is 0.0376. The van der Waals surface area contributed by atoms with Crippen LogP contribution in [0.25, 0.3) is 32.7 Å². The molecular weight excluding hydrogens is 1190 g/mol. The number of carbonyl (C=O) groups is 2. The molecule has 20 heteroatoms. The molecule has 0 spiro atoms. The van der Waals surface area contributed by atoms with Crippen LogP contribution in [-0.2, 0) is 37.9 Å². The number of carbonyl (C=O) groups excluding carboxylic acids is 2.